The summed E-state index contributed by atoms with van der Waals surface area (Å²) in [7, 11) is 3.36. The van der Waals surface area contributed by atoms with Crippen LogP contribution in [0.15, 0.2) is 35.1 Å². The maximum Gasteiger partial charge on any atom is 0.324 e. The lowest BCUT2D eigenvalue weighted by atomic mass is 10.2. The van der Waals surface area contributed by atoms with Gasteiger partial charge in [-0.1, -0.05) is 18.2 Å². The minimum atomic E-state index is -0.951. The van der Waals surface area contributed by atoms with Gasteiger partial charge in [0, 0.05) is 7.05 Å². The fourth-order valence-electron chi connectivity index (χ4n) is 3.14. The van der Waals surface area contributed by atoms with Gasteiger partial charge in [0.25, 0.3) is 5.56 Å². The smallest absolute Gasteiger partial charge is 0.324 e. The summed E-state index contributed by atoms with van der Waals surface area (Å²) >= 11 is 0. The van der Waals surface area contributed by atoms with Crippen molar-refractivity contribution in [2.24, 2.45) is 7.05 Å². The molecular weight excluding hydrogens is 336 g/mol. The molecule has 26 heavy (non-hydrogen) atoms. The Balaban J connectivity index is 1.82. The summed E-state index contributed by atoms with van der Waals surface area (Å²) in [6, 6.07) is 9.14. The summed E-state index contributed by atoms with van der Waals surface area (Å²) in [6.07, 6.45) is 1.05. The number of nitrogens with zero attached hydrogens (tertiary/aromatic N) is 3. The van der Waals surface area contributed by atoms with Crippen LogP contribution in [0, 0.1) is 6.92 Å². The zero-order chi connectivity index (χ0) is 19.1. The minimum Gasteiger partial charge on any atom is -0.480 e. The molecule has 3 rings (SSSR count). The molecule has 1 amide bonds. The number of carbonyl (C=O) groups excluding carboxylic acids is 1. The molecule has 1 aliphatic carbocycles. The number of carbonyl (C=O) groups is 2. The highest BCUT2D eigenvalue weighted by molar-refractivity contribution is 5.93. The van der Waals surface area contributed by atoms with Crippen molar-refractivity contribution in [3.05, 3.63) is 46.4 Å². The van der Waals surface area contributed by atoms with Gasteiger partial charge >= 0.3 is 5.97 Å². The van der Waals surface area contributed by atoms with Gasteiger partial charge in [-0.05, 0) is 38.9 Å². The monoisotopic (exact) mass is 358 g/mol. The Morgan fingerprint density at radius 2 is 1.88 bits per heavy atom. The van der Waals surface area contributed by atoms with E-state index in [-0.39, 0.29) is 17.8 Å². The molecule has 0 saturated heterocycles. The molecule has 1 aromatic heterocycles. The van der Waals surface area contributed by atoms with Crippen LogP contribution in [0.25, 0.3) is 5.69 Å². The Labute approximate surface area is 150 Å². The van der Waals surface area contributed by atoms with E-state index in [9.17, 15) is 19.5 Å². The van der Waals surface area contributed by atoms with Crippen molar-refractivity contribution in [2.75, 3.05) is 18.9 Å². The molecule has 1 aliphatic rings. The van der Waals surface area contributed by atoms with Gasteiger partial charge in [-0.3, -0.25) is 24.0 Å². The number of carboxylic acids is 1. The lowest BCUT2D eigenvalue weighted by Gasteiger charge is -2.23. The highest BCUT2D eigenvalue weighted by atomic mass is 16.4. The average Bonchev–Trinajstić information content (AvgIpc) is 3.38. The molecule has 138 valence electrons. The minimum absolute atomic E-state index is 0.0919. The summed E-state index contributed by atoms with van der Waals surface area (Å²) in [5.74, 6) is -1.33. The maximum absolute atomic E-state index is 12.8. The average molecular weight is 358 g/mol. The first kappa shape index (κ1) is 17.9. The van der Waals surface area contributed by atoms with Crippen molar-refractivity contribution in [1.82, 2.24) is 14.3 Å². The molecule has 1 aromatic carbocycles. The molecule has 0 atom stereocenters. The number of aliphatic carboxylic acids is 1. The van der Waals surface area contributed by atoms with Crippen molar-refractivity contribution in [2.45, 2.75) is 25.3 Å². The van der Waals surface area contributed by atoms with Crippen LogP contribution < -0.4 is 10.9 Å². The SMILES string of the molecule is Cc1c(NC(=O)CN(C)C2(C(=O)O)CC2)c(=O)n(-c2ccccc2)n1C. The molecule has 2 N–H and O–H groups in total. The summed E-state index contributed by atoms with van der Waals surface area (Å²) < 4.78 is 3.16. The summed E-state index contributed by atoms with van der Waals surface area (Å²) in [4.78, 5) is 38.0. The van der Waals surface area contributed by atoms with Gasteiger partial charge in [0.2, 0.25) is 5.91 Å². The number of amides is 1. The highest BCUT2D eigenvalue weighted by Crippen LogP contribution is 2.40. The topological polar surface area (TPSA) is 96.6 Å². The first-order chi connectivity index (χ1) is 12.3. The molecule has 8 heteroatoms. The van der Waals surface area contributed by atoms with Crippen LogP contribution in [0.5, 0.6) is 0 Å². The lowest BCUT2D eigenvalue weighted by Crippen LogP contribution is -2.45. The van der Waals surface area contributed by atoms with E-state index in [1.54, 1.807) is 25.7 Å². The number of benzene rings is 1. The van der Waals surface area contributed by atoms with Crippen molar-refractivity contribution in [1.29, 1.82) is 0 Å². The predicted molar refractivity (Wildman–Crippen MR) is 96.6 cm³/mol. The van der Waals surface area contributed by atoms with E-state index in [4.69, 9.17) is 0 Å². The van der Waals surface area contributed by atoms with Gasteiger partial charge in [-0.25, -0.2) is 4.68 Å². The first-order valence-electron chi connectivity index (χ1n) is 8.36. The fraction of sp³-hybridized carbons (Fsp3) is 0.389. The summed E-state index contributed by atoms with van der Waals surface area (Å²) in [6.45, 7) is 1.66. The Hall–Kier alpha value is -2.87. The standard InChI is InChI=1S/C18H22N4O4/c1-12-15(16(24)22(21(12)3)13-7-5-4-6-8-13)19-14(23)11-20(2)18(9-10-18)17(25)26/h4-8H,9-11H2,1-3H3,(H,19,23)(H,25,26). The highest BCUT2D eigenvalue weighted by Gasteiger charge is 2.54. The number of rotatable bonds is 6. The van der Waals surface area contributed by atoms with E-state index < -0.39 is 17.4 Å². The fourth-order valence-corrected chi connectivity index (χ4v) is 3.14. The molecule has 0 aliphatic heterocycles. The number of aromatic nitrogens is 2. The van der Waals surface area contributed by atoms with E-state index >= 15 is 0 Å². The van der Waals surface area contributed by atoms with E-state index in [0.29, 0.717) is 24.2 Å². The van der Waals surface area contributed by atoms with Crippen molar-refractivity contribution in [3.63, 3.8) is 0 Å². The molecule has 1 fully saturated rings. The normalized spacial score (nSPS) is 15.1. The van der Waals surface area contributed by atoms with Crippen LogP contribution in [-0.2, 0) is 16.6 Å². The van der Waals surface area contributed by atoms with Crippen molar-refractivity contribution in [3.8, 4) is 5.69 Å². The molecule has 0 spiro atoms. The molecule has 1 saturated carbocycles. The predicted octanol–water partition coefficient (Wildman–Crippen LogP) is 0.972. The second-order valence-electron chi connectivity index (χ2n) is 6.68. The third-order valence-corrected chi connectivity index (χ3v) is 5.05. The van der Waals surface area contributed by atoms with Gasteiger partial charge in [-0.15, -0.1) is 0 Å². The van der Waals surface area contributed by atoms with E-state index in [2.05, 4.69) is 5.32 Å². The van der Waals surface area contributed by atoms with Gasteiger partial charge in [0.15, 0.2) is 0 Å². The molecule has 0 bridgehead atoms. The quantitative estimate of drug-likeness (QED) is 0.802. The summed E-state index contributed by atoms with van der Waals surface area (Å²) in [5.41, 5.74) is 0.243. The zero-order valence-corrected chi connectivity index (χ0v) is 15.0. The third kappa shape index (κ3) is 2.92. The molecule has 0 unspecified atom stereocenters. The molecular formula is C18H22N4O4. The van der Waals surface area contributed by atoms with Crippen LogP contribution >= 0.6 is 0 Å². The molecule has 0 radical (unpaired) electrons. The van der Waals surface area contributed by atoms with Crippen LogP contribution in [0.4, 0.5) is 5.69 Å². The largest absolute Gasteiger partial charge is 0.480 e. The third-order valence-electron chi connectivity index (χ3n) is 5.05. The Morgan fingerprint density at radius 1 is 1.27 bits per heavy atom. The number of hydrogen-bond acceptors (Lipinski definition) is 4. The number of para-hydroxylation sites is 1. The van der Waals surface area contributed by atoms with Gasteiger partial charge in [-0.2, -0.15) is 0 Å². The molecule has 2 aromatic rings. The van der Waals surface area contributed by atoms with Gasteiger partial charge in [0.1, 0.15) is 11.2 Å². The maximum atomic E-state index is 12.8. The second kappa shape index (κ2) is 6.45. The van der Waals surface area contributed by atoms with E-state index in [1.807, 2.05) is 30.3 Å². The number of likely N-dealkylation sites (N-methyl/N-ethyl adjacent to an activating group) is 1. The van der Waals surface area contributed by atoms with Gasteiger partial charge < -0.3 is 10.4 Å². The lowest BCUT2D eigenvalue weighted by molar-refractivity contribution is -0.144. The van der Waals surface area contributed by atoms with Gasteiger partial charge in [0.05, 0.1) is 17.9 Å². The summed E-state index contributed by atoms with van der Waals surface area (Å²) in [5, 5.41) is 12.0. The van der Waals surface area contributed by atoms with E-state index in [0.717, 1.165) is 0 Å². The van der Waals surface area contributed by atoms with Crippen LogP contribution in [0.2, 0.25) is 0 Å². The van der Waals surface area contributed by atoms with Crippen molar-refractivity contribution < 1.29 is 14.7 Å². The Morgan fingerprint density at radius 3 is 2.42 bits per heavy atom. The zero-order valence-electron chi connectivity index (χ0n) is 15.0. The van der Waals surface area contributed by atoms with Crippen LogP contribution in [0.3, 0.4) is 0 Å². The number of carboxylic acid groups (broad SMARTS) is 1. The second-order valence-corrected chi connectivity index (χ2v) is 6.68. The number of anilines is 1. The van der Waals surface area contributed by atoms with Crippen LogP contribution in [-0.4, -0.2) is 50.4 Å². The van der Waals surface area contributed by atoms with Crippen molar-refractivity contribution >= 4 is 17.6 Å². The first-order valence-corrected chi connectivity index (χ1v) is 8.36. The number of hydrogen-bond donors (Lipinski definition) is 2. The Bertz CT molecular complexity index is 909. The van der Waals surface area contributed by atoms with E-state index in [1.165, 1.54) is 9.58 Å². The molecule has 8 nitrogen and oxygen atoms in total. The Kier molecular flexibility index (Phi) is 4.45. The van der Waals surface area contributed by atoms with Crippen LogP contribution in [0.1, 0.15) is 18.5 Å². The number of nitrogens with one attached hydrogen (secondary N) is 1. The molecule has 1 heterocycles.